The van der Waals surface area contributed by atoms with Crippen LogP contribution in [0.1, 0.15) is 74.4 Å². The van der Waals surface area contributed by atoms with Crippen LogP contribution >= 0.6 is 0 Å². The number of carbonyl (C=O) groups excluding carboxylic acids is 2. The van der Waals surface area contributed by atoms with E-state index in [4.69, 9.17) is 0 Å². The summed E-state index contributed by atoms with van der Waals surface area (Å²) < 4.78 is 1.88. The summed E-state index contributed by atoms with van der Waals surface area (Å²) in [5, 5.41) is 3.34. The first-order valence-electron chi connectivity index (χ1n) is 12.9. The normalized spacial score (nSPS) is 17.2. The predicted octanol–water partition coefficient (Wildman–Crippen LogP) is 4.82. The predicted molar refractivity (Wildman–Crippen MR) is 139 cm³/mol. The topological polar surface area (TPSA) is 67.2 Å². The van der Waals surface area contributed by atoms with Gasteiger partial charge in [0.25, 0.3) is 0 Å². The second kappa shape index (κ2) is 15.2. The monoisotopic (exact) mass is 466 g/mol. The lowest BCUT2D eigenvalue weighted by atomic mass is 9.99. The third-order valence-electron chi connectivity index (χ3n) is 6.19. The maximum Gasteiger partial charge on any atom is 0.246 e. The molecule has 186 valence electrons. The zero-order valence-corrected chi connectivity index (χ0v) is 21.4. The largest absolute Gasteiger partial charge is 0.330 e. The molecule has 1 N–H and O–H groups in total. The molecule has 1 aromatic heterocycles. The SMILES string of the molecule is CC.CCCc1ccccc1CC.O=Cc1cnc2n1CCN(C(=O)/C=C/C1CCCNC1)C2. The van der Waals surface area contributed by atoms with E-state index < -0.39 is 0 Å². The van der Waals surface area contributed by atoms with Gasteiger partial charge in [0.05, 0.1) is 12.7 Å². The minimum atomic E-state index is 0.0301. The molecule has 3 heterocycles. The van der Waals surface area contributed by atoms with Gasteiger partial charge in [-0.15, -0.1) is 0 Å². The number of aromatic nitrogens is 2. The Morgan fingerprint density at radius 2 is 1.94 bits per heavy atom. The van der Waals surface area contributed by atoms with Crippen molar-refractivity contribution >= 4 is 12.2 Å². The molecule has 0 aliphatic carbocycles. The number of amides is 1. The van der Waals surface area contributed by atoms with Crippen molar-refractivity contribution in [3.05, 3.63) is 65.3 Å². The summed E-state index contributed by atoms with van der Waals surface area (Å²) in [6.45, 7) is 12.2. The van der Waals surface area contributed by atoms with Crippen LogP contribution in [-0.4, -0.2) is 46.3 Å². The van der Waals surface area contributed by atoms with Crippen molar-refractivity contribution in [2.24, 2.45) is 5.92 Å². The number of benzene rings is 1. The van der Waals surface area contributed by atoms with Gasteiger partial charge in [-0.05, 0) is 55.3 Å². The molecule has 0 radical (unpaired) electrons. The van der Waals surface area contributed by atoms with Gasteiger partial charge in [0.2, 0.25) is 5.91 Å². The molecule has 6 heteroatoms. The van der Waals surface area contributed by atoms with Gasteiger partial charge in [-0.2, -0.15) is 0 Å². The van der Waals surface area contributed by atoms with Crippen molar-refractivity contribution in [2.45, 2.75) is 72.9 Å². The average Bonchev–Trinajstić information content (AvgIpc) is 3.32. The fourth-order valence-corrected chi connectivity index (χ4v) is 4.35. The molecular weight excluding hydrogens is 424 g/mol. The number of nitrogens with zero attached hydrogens (tertiary/aromatic N) is 3. The van der Waals surface area contributed by atoms with E-state index in [0.29, 0.717) is 31.2 Å². The molecule has 1 atom stereocenters. The van der Waals surface area contributed by atoms with E-state index >= 15 is 0 Å². The number of imidazole rings is 1. The summed E-state index contributed by atoms with van der Waals surface area (Å²) in [6.07, 6.45) is 12.0. The van der Waals surface area contributed by atoms with Gasteiger partial charge >= 0.3 is 0 Å². The Hall–Kier alpha value is -2.73. The Labute approximate surface area is 205 Å². The van der Waals surface area contributed by atoms with Crippen molar-refractivity contribution in [3.63, 3.8) is 0 Å². The lowest BCUT2D eigenvalue weighted by Crippen LogP contribution is -2.38. The average molecular weight is 467 g/mol. The maximum absolute atomic E-state index is 12.2. The molecule has 2 aliphatic heterocycles. The molecule has 0 bridgehead atoms. The van der Waals surface area contributed by atoms with Gasteiger partial charge in [-0.1, -0.05) is 64.5 Å². The summed E-state index contributed by atoms with van der Waals surface area (Å²) in [6, 6.07) is 8.72. The number of aryl methyl sites for hydroxylation is 2. The molecule has 2 aliphatic rings. The molecule has 34 heavy (non-hydrogen) atoms. The van der Waals surface area contributed by atoms with Crippen LogP contribution < -0.4 is 5.32 Å². The highest BCUT2D eigenvalue weighted by molar-refractivity contribution is 5.87. The number of hydrogen-bond acceptors (Lipinski definition) is 4. The van der Waals surface area contributed by atoms with Gasteiger partial charge in [-0.25, -0.2) is 4.98 Å². The Morgan fingerprint density at radius 3 is 2.59 bits per heavy atom. The van der Waals surface area contributed by atoms with E-state index in [1.165, 1.54) is 30.4 Å². The summed E-state index contributed by atoms with van der Waals surface area (Å²) in [7, 11) is 0. The van der Waals surface area contributed by atoms with E-state index in [2.05, 4.69) is 48.4 Å². The second-order valence-corrected chi connectivity index (χ2v) is 8.47. The highest BCUT2D eigenvalue weighted by Crippen LogP contribution is 2.15. The smallest absolute Gasteiger partial charge is 0.246 e. The first-order chi connectivity index (χ1) is 16.7. The zero-order chi connectivity index (χ0) is 24.8. The Balaban J connectivity index is 0.000000266. The van der Waals surface area contributed by atoms with E-state index in [1.54, 1.807) is 17.2 Å². The number of nitrogens with one attached hydrogen (secondary N) is 1. The van der Waals surface area contributed by atoms with Crippen molar-refractivity contribution in [3.8, 4) is 0 Å². The van der Waals surface area contributed by atoms with Gasteiger partial charge in [0, 0.05) is 19.6 Å². The summed E-state index contributed by atoms with van der Waals surface area (Å²) in [5.74, 6) is 1.27. The quantitative estimate of drug-likeness (QED) is 0.490. The van der Waals surface area contributed by atoms with Gasteiger partial charge < -0.3 is 14.8 Å². The van der Waals surface area contributed by atoms with Crippen LogP contribution in [0.5, 0.6) is 0 Å². The molecule has 4 rings (SSSR count). The minimum absolute atomic E-state index is 0.0301. The van der Waals surface area contributed by atoms with Crippen molar-refractivity contribution in [1.29, 1.82) is 0 Å². The van der Waals surface area contributed by atoms with Crippen LogP contribution in [0.2, 0.25) is 0 Å². The van der Waals surface area contributed by atoms with Gasteiger partial charge in [-0.3, -0.25) is 9.59 Å². The zero-order valence-electron chi connectivity index (χ0n) is 21.4. The third-order valence-corrected chi connectivity index (χ3v) is 6.19. The van der Waals surface area contributed by atoms with E-state index in [-0.39, 0.29) is 5.91 Å². The van der Waals surface area contributed by atoms with E-state index in [0.717, 1.165) is 38.0 Å². The van der Waals surface area contributed by atoms with E-state index in [9.17, 15) is 9.59 Å². The third kappa shape index (κ3) is 7.94. The highest BCUT2D eigenvalue weighted by atomic mass is 16.2. The standard InChI is InChI=1S/C15H20N4O2.C11H16.C2H6/c20-11-13-9-17-14-10-18(6-7-19(13)14)15(21)4-3-12-2-1-5-16-8-12;1-3-7-11-9-6-5-8-10(11)4-2;1-2/h3-4,9,11-12,16H,1-2,5-8,10H2;5-6,8-9H,3-4,7H2,1-2H3;1-2H3/b4-3+;;. The van der Waals surface area contributed by atoms with Crippen LogP contribution in [0.3, 0.4) is 0 Å². The number of aldehydes is 1. The first-order valence-corrected chi connectivity index (χ1v) is 12.9. The molecule has 1 unspecified atom stereocenters. The fraction of sp³-hybridized carbons (Fsp3) is 0.536. The van der Waals surface area contributed by atoms with E-state index in [1.807, 2.05) is 24.5 Å². The Morgan fingerprint density at radius 1 is 1.18 bits per heavy atom. The molecular formula is C28H42N4O2. The molecule has 1 amide bonds. The highest BCUT2D eigenvalue weighted by Gasteiger charge is 2.22. The minimum Gasteiger partial charge on any atom is -0.330 e. The molecule has 0 spiro atoms. The lowest BCUT2D eigenvalue weighted by Gasteiger charge is -2.27. The summed E-state index contributed by atoms with van der Waals surface area (Å²) in [5.41, 5.74) is 3.62. The van der Waals surface area contributed by atoms with Crippen molar-refractivity contribution in [2.75, 3.05) is 19.6 Å². The Kier molecular flexibility index (Phi) is 12.3. The summed E-state index contributed by atoms with van der Waals surface area (Å²) >= 11 is 0. The summed E-state index contributed by atoms with van der Waals surface area (Å²) in [4.78, 5) is 29.1. The van der Waals surface area contributed by atoms with Crippen LogP contribution in [0.4, 0.5) is 0 Å². The van der Waals surface area contributed by atoms with Crippen LogP contribution in [0, 0.1) is 5.92 Å². The maximum atomic E-state index is 12.2. The number of carbonyl (C=O) groups is 2. The lowest BCUT2D eigenvalue weighted by molar-refractivity contribution is -0.127. The molecule has 6 nitrogen and oxygen atoms in total. The number of hydrogen-bond donors (Lipinski definition) is 1. The van der Waals surface area contributed by atoms with Crippen LogP contribution in [0.25, 0.3) is 0 Å². The van der Waals surface area contributed by atoms with Gasteiger partial charge in [0.15, 0.2) is 6.29 Å². The molecule has 1 aromatic carbocycles. The second-order valence-electron chi connectivity index (χ2n) is 8.47. The van der Waals surface area contributed by atoms with Crippen LogP contribution in [-0.2, 0) is 30.7 Å². The van der Waals surface area contributed by atoms with Crippen LogP contribution in [0.15, 0.2) is 42.6 Å². The molecule has 0 saturated carbocycles. The van der Waals surface area contributed by atoms with Gasteiger partial charge in [0.1, 0.15) is 11.5 Å². The molecule has 2 aromatic rings. The molecule has 1 saturated heterocycles. The number of fused-ring (bicyclic) bond motifs is 1. The fourth-order valence-electron chi connectivity index (χ4n) is 4.35. The Bertz CT molecular complexity index is 913. The van der Waals surface area contributed by atoms with Crippen molar-refractivity contribution < 1.29 is 9.59 Å². The number of piperidine rings is 1. The molecule has 1 fully saturated rings. The first kappa shape index (κ1) is 27.5. The number of rotatable bonds is 6. The van der Waals surface area contributed by atoms with Crippen molar-refractivity contribution in [1.82, 2.24) is 19.8 Å².